The van der Waals surface area contributed by atoms with Crippen LogP contribution in [0.15, 0.2) is 16.6 Å². The topological polar surface area (TPSA) is 61.2 Å². The number of hydrogen-bond acceptors (Lipinski definition) is 4. The van der Waals surface area contributed by atoms with Gasteiger partial charge in [-0.3, -0.25) is 4.79 Å². The predicted octanol–water partition coefficient (Wildman–Crippen LogP) is 1.63. The second-order valence-corrected chi connectivity index (χ2v) is 3.88. The van der Waals surface area contributed by atoms with Gasteiger partial charge in [0, 0.05) is 12.2 Å². The summed E-state index contributed by atoms with van der Waals surface area (Å²) in [5, 5.41) is 4.03. The summed E-state index contributed by atoms with van der Waals surface area (Å²) in [6, 6.07) is 0. The Morgan fingerprint density at radius 1 is 1.38 bits per heavy atom. The number of aryl methyl sites for hydroxylation is 1. The molecule has 6 heteroatoms. The number of aromatic nitrogens is 2. The highest BCUT2D eigenvalue weighted by Gasteiger charge is 2.12. The van der Waals surface area contributed by atoms with Crippen LogP contribution in [0, 0.1) is 13.8 Å². The molecule has 0 spiro atoms. The highest BCUT2D eigenvalue weighted by molar-refractivity contribution is 9.10. The van der Waals surface area contributed by atoms with Crippen LogP contribution in [-0.4, -0.2) is 28.8 Å². The van der Waals surface area contributed by atoms with E-state index in [1.165, 1.54) is 11.8 Å². The van der Waals surface area contributed by atoms with Crippen molar-refractivity contribution >= 4 is 27.8 Å². The summed E-state index contributed by atoms with van der Waals surface area (Å²) in [5.74, 6) is -0.967. The van der Waals surface area contributed by atoms with E-state index in [0.29, 0.717) is 5.69 Å². The Morgan fingerprint density at radius 2 is 2.00 bits per heavy atom. The van der Waals surface area contributed by atoms with Crippen LogP contribution >= 0.6 is 15.9 Å². The molecule has 0 unspecified atom stereocenters. The summed E-state index contributed by atoms with van der Waals surface area (Å²) in [6.45, 7) is 3.54. The second kappa shape index (κ2) is 5.07. The Balaban J connectivity index is 2.93. The molecule has 5 nitrogen and oxygen atoms in total. The van der Waals surface area contributed by atoms with Crippen molar-refractivity contribution in [1.82, 2.24) is 9.78 Å². The van der Waals surface area contributed by atoms with E-state index in [1.807, 2.05) is 0 Å². The number of halogens is 1. The normalized spacial score (nSPS) is 10.8. The van der Waals surface area contributed by atoms with Gasteiger partial charge in [0.2, 0.25) is 0 Å². The minimum atomic E-state index is -0.575. The number of carbonyl (C=O) groups is 2. The number of allylic oxidation sites excluding steroid dienone is 1. The fraction of sp³-hybridized carbons (Fsp3) is 0.300. The van der Waals surface area contributed by atoms with Gasteiger partial charge in [0.05, 0.1) is 23.0 Å². The molecule has 0 aromatic carbocycles. The molecule has 0 fully saturated rings. The number of esters is 1. The summed E-state index contributed by atoms with van der Waals surface area (Å²) < 4.78 is 6.38. The Hall–Kier alpha value is -1.43. The Morgan fingerprint density at radius 3 is 2.44 bits per heavy atom. The number of nitrogens with zero attached hydrogens (tertiary/aromatic N) is 2. The van der Waals surface area contributed by atoms with Gasteiger partial charge < -0.3 is 4.74 Å². The molecular weight excluding hydrogens is 276 g/mol. The monoisotopic (exact) mass is 286 g/mol. The standard InChI is InChI=1S/C10H11BrN2O3/c1-6-10(11)7(2)13(12-6)8(14)4-5-9(15)16-3/h4-5H,1-3H3/b5-4+. The van der Waals surface area contributed by atoms with Crippen molar-refractivity contribution in [2.75, 3.05) is 7.11 Å². The lowest BCUT2D eigenvalue weighted by Crippen LogP contribution is -2.12. The van der Waals surface area contributed by atoms with Crippen molar-refractivity contribution in [2.45, 2.75) is 13.8 Å². The van der Waals surface area contributed by atoms with Crippen LogP contribution in [0.1, 0.15) is 16.2 Å². The summed E-state index contributed by atoms with van der Waals surface area (Å²) in [5.41, 5.74) is 1.41. The summed E-state index contributed by atoms with van der Waals surface area (Å²) >= 11 is 3.31. The van der Waals surface area contributed by atoms with E-state index in [2.05, 4.69) is 25.8 Å². The van der Waals surface area contributed by atoms with Crippen molar-refractivity contribution in [3.05, 3.63) is 28.0 Å². The predicted molar refractivity (Wildman–Crippen MR) is 61.2 cm³/mol. The molecule has 0 saturated carbocycles. The molecule has 0 amide bonds. The summed E-state index contributed by atoms with van der Waals surface area (Å²) in [4.78, 5) is 22.4. The number of ether oxygens (including phenoxy) is 1. The zero-order valence-corrected chi connectivity index (χ0v) is 10.7. The molecule has 16 heavy (non-hydrogen) atoms. The molecule has 0 N–H and O–H groups in total. The lowest BCUT2D eigenvalue weighted by atomic mass is 10.4. The molecule has 86 valence electrons. The number of methoxy groups -OCH3 is 1. The minimum Gasteiger partial charge on any atom is -0.466 e. The average Bonchev–Trinajstić information content (AvgIpc) is 2.53. The number of hydrogen-bond donors (Lipinski definition) is 0. The van der Waals surface area contributed by atoms with Gasteiger partial charge in [0.1, 0.15) is 0 Å². The average molecular weight is 287 g/mol. The summed E-state index contributed by atoms with van der Waals surface area (Å²) in [7, 11) is 1.25. The Kier molecular flexibility index (Phi) is 4.00. The van der Waals surface area contributed by atoms with E-state index in [4.69, 9.17) is 0 Å². The Bertz CT molecular complexity index is 463. The van der Waals surface area contributed by atoms with E-state index in [1.54, 1.807) is 13.8 Å². The molecule has 0 aliphatic heterocycles. The third kappa shape index (κ3) is 2.57. The fourth-order valence-corrected chi connectivity index (χ4v) is 1.36. The smallest absolute Gasteiger partial charge is 0.330 e. The highest BCUT2D eigenvalue weighted by atomic mass is 79.9. The van der Waals surface area contributed by atoms with E-state index >= 15 is 0 Å². The molecular formula is C10H11BrN2O3. The first-order valence-corrected chi connectivity index (χ1v) is 5.28. The maximum Gasteiger partial charge on any atom is 0.330 e. The Labute approximate surface area is 101 Å². The van der Waals surface area contributed by atoms with Crippen molar-refractivity contribution in [2.24, 2.45) is 0 Å². The lowest BCUT2D eigenvalue weighted by Gasteiger charge is -1.97. The van der Waals surface area contributed by atoms with Crippen LogP contribution in [-0.2, 0) is 9.53 Å². The SMILES string of the molecule is COC(=O)/C=C/C(=O)n1nc(C)c(Br)c1C. The van der Waals surface area contributed by atoms with Gasteiger partial charge in [-0.1, -0.05) is 0 Å². The van der Waals surface area contributed by atoms with Gasteiger partial charge in [-0.25, -0.2) is 9.48 Å². The molecule has 0 radical (unpaired) electrons. The molecule has 0 aliphatic rings. The molecule has 0 bridgehead atoms. The van der Waals surface area contributed by atoms with Gasteiger partial charge in [-0.2, -0.15) is 5.10 Å². The first-order chi connectivity index (χ1) is 7.47. The molecule has 0 saturated heterocycles. The van der Waals surface area contributed by atoms with Gasteiger partial charge in [-0.15, -0.1) is 0 Å². The van der Waals surface area contributed by atoms with Crippen LogP contribution in [0.3, 0.4) is 0 Å². The van der Waals surface area contributed by atoms with Crippen LogP contribution in [0.2, 0.25) is 0 Å². The zero-order chi connectivity index (χ0) is 12.3. The lowest BCUT2D eigenvalue weighted by molar-refractivity contribution is -0.134. The summed E-state index contributed by atoms with van der Waals surface area (Å²) in [6.07, 6.45) is 2.18. The maximum atomic E-state index is 11.6. The molecule has 1 heterocycles. The molecule has 0 aliphatic carbocycles. The first-order valence-electron chi connectivity index (χ1n) is 4.49. The third-order valence-electron chi connectivity index (χ3n) is 1.97. The van der Waals surface area contributed by atoms with E-state index in [-0.39, 0.29) is 0 Å². The molecule has 0 atom stereocenters. The van der Waals surface area contributed by atoms with E-state index < -0.39 is 11.9 Å². The fourth-order valence-electron chi connectivity index (χ4n) is 1.12. The van der Waals surface area contributed by atoms with E-state index in [9.17, 15) is 9.59 Å². The van der Waals surface area contributed by atoms with Crippen molar-refractivity contribution in [3.63, 3.8) is 0 Å². The largest absolute Gasteiger partial charge is 0.466 e. The second-order valence-electron chi connectivity index (χ2n) is 3.09. The number of rotatable bonds is 2. The maximum absolute atomic E-state index is 11.6. The first kappa shape index (κ1) is 12.6. The van der Waals surface area contributed by atoms with Crippen molar-refractivity contribution in [1.29, 1.82) is 0 Å². The van der Waals surface area contributed by atoms with Crippen molar-refractivity contribution in [3.8, 4) is 0 Å². The van der Waals surface area contributed by atoms with Gasteiger partial charge >= 0.3 is 5.97 Å². The molecule has 1 aromatic heterocycles. The minimum absolute atomic E-state index is 0.392. The van der Waals surface area contributed by atoms with Crippen LogP contribution in [0.25, 0.3) is 0 Å². The van der Waals surface area contributed by atoms with Gasteiger partial charge in [0.25, 0.3) is 5.91 Å². The van der Waals surface area contributed by atoms with E-state index in [0.717, 1.165) is 22.3 Å². The van der Waals surface area contributed by atoms with Gasteiger partial charge in [0.15, 0.2) is 0 Å². The van der Waals surface area contributed by atoms with Crippen LogP contribution in [0.4, 0.5) is 0 Å². The zero-order valence-electron chi connectivity index (χ0n) is 9.15. The quantitative estimate of drug-likeness (QED) is 0.612. The molecule has 1 rings (SSSR count). The van der Waals surface area contributed by atoms with Crippen LogP contribution in [0.5, 0.6) is 0 Å². The van der Waals surface area contributed by atoms with Crippen molar-refractivity contribution < 1.29 is 14.3 Å². The number of carbonyl (C=O) groups excluding carboxylic acids is 2. The third-order valence-corrected chi connectivity index (χ3v) is 3.12. The van der Waals surface area contributed by atoms with Crippen LogP contribution < -0.4 is 0 Å². The highest BCUT2D eigenvalue weighted by Crippen LogP contribution is 2.19. The van der Waals surface area contributed by atoms with Gasteiger partial charge in [-0.05, 0) is 29.8 Å². The molecule has 1 aromatic rings.